The fourth-order valence-corrected chi connectivity index (χ4v) is 9.19. The molecule has 2 N–H and O–H groups in total. The molecular formula is C61H60BrClF2N4O4. The number of halogens is 4. The van der Waals surface area contributed by atoms with E-state index in [-0.39, 0.29) is 6.61 Å². The first-order valence-electron chi connectivity index (χ1n) is 24.1. The largest absolute Gasteiger partial charge is 0.489 e. The highest BCUT2D eigenvalue weighted by Gasteiger charge is 2.28. The van der Waals surface area contributed by atoms with Gasteiger partial charge in [0.05, 0.1) is 22.7 Å². The Labute approximate surface area is 441 Å². The predicted molar refractivity (Wildman–Crippen MR) is 296 cm³/mol. The number of anilines is 4. The number of nitrogens with zero attached hydrogens (tertiary/aromatic N) is 2. The van der Waals surface area contributed by atoms with Crippen molar-refractivity contribution >= 4 is 50.3 Å². The highest BCUT2D eigenvalue weighted by molar-refractivity contribution is 9.10. The average molecular weight is 1070 g/mol. The Hall–Kier alpha value is -7.21. The zero-order chi connectivity index (χ0) is 51.9. The van der Waals surface area contributed by atoms with Crippen molar-refractivity contribution in [3.8, 4) is 23.0 Å². The lowest BCUT2D eigenvalue weighted by Crippen LogP contribution is -2.52. The summed E-state index contributed by atoms with van der Waals surface area (Å²) in [4.78, 5) is 0. The molecule has 0 atom stereocenters. The number of ether oxygens (including phenoxy) is 4. The van der Waals surface area contributed by atoms with Crippen molar-refractivity contribution in [3.63, 3.8) is 0 Å². The molecule has 73 heavy (non-hydrogen) atoms. The minimum absolute atomic E-state index is 0.0639. The number of hydrogen-bond acceptors (Lipinski definition) is 8. The first kappa shape index (κ1) is 52.1. The van der Waals surface area contributed by atoms with Gasteiger partial charge in [-0.05, 0) is 214 Å². The van der Waals surface area contributed by atoms with E-state index >= 15 is 0 Å². The lowest BCUT2D eigenvalue weighted by molar-refractivity contribution is 0.304. The molecule has 0 saturated heterocycles. The summed E-state index contributed by atoms with van der Waals surface area (Å²) in [5.41, 5.74) is 23.6. The van der Waals surface area contributed by atoms with Crippen LogP contribution in [0.2, 0.25) is 5.02 Å². The third-order valence-electron chi connectivity index (χ3n) is 12.6. The molecule has 0 aromatic heterocycles. The van der Waals surface area contributed by atoms with Gasteiger partial charge in [-0.15, -0.1) is 0 Å². The van der Waals surface area contributed by atoms with Gasteiger partial charge in [-0.2, -0.15) is 10.2 Å². The zero-order valence-electron chi connectivity index (χ0n) is 42.6. The summed E-state index contributed by atoms with van der Waals surface area (Å²) in [5, 5.41) is 4.81. The van der Waals surface area contributed by atoms with Gasteiger partial charge in [-0.3, -0.25) is 10.9 Å². The number of benzene rings is 8. The van der Waals surface area contributed by atoms with Gasteiger partial charge in [0.15, 0.2) is 11.6 Å². The summed E-state index contributed by atoms with van der Waals surface area (Å²) in [6, 6.07) is 44.2. The van der Waals surface area contributed by atoms with Gasteiger partial charge in [-0.1, -0.05) is 87.7 Å². The van der Waals surface area contributed by atoms with E-state index in [1.54, 1.807) is 0 Å². The molecule has 376 valence electrons. The Morgan fingerprint density at radius 3 is 1.08 bits per heavy atom. The Balaban J connectivity index is 1.22. The maximum atomic E-state index is 14.1. The Morgan fingerprint density at radius 2 is 0.712 bits per heavy atom. The Kier molecular flexibility index (Phi) is 16.5. The zero-order valence-corrected chi connectivity index (χ0v) is 45.0. The fraction of sp³-hybridized carbons (Fsp3) is 0.213. The third-order valence-corrected chi connectivity index (χ3v) is 13.3. The fourth-order valence-electron chi connectivity index (χ4n) is 8.80. The minimum atomic E-state index is -0.917. The molecule has 0 spiro atoms. The van der Waals surface area contributed by atoms with E-state index in [4.69, 9.17) is 30.5 Å². The van der Waals surface area contributed by atoms with Crippen molar-refractivity contribution < 1.29 is 27.7 Å². The van der Waals surface area contributed by atoms with Crippen LogP contribution in [0.25, 0.3) is 0 Å². The van der Waals surface area contributed by atoms with Crippen LogP contribution in [0.5, 0.6) is 23.0 Å². The second-order valence-corrected chi connectivity index (χ2v) is 20.0. The van der Waals surface area contributed by atoms with Crippen molar-refractivity contribution in [2.24, 2.45) is 0 Å². The highest BCUT2D eigenvalue weighted by atomic mass is 79.9. The molecule has 0 amide bonds. The minimum Gasteiger partial charge on any atom is -0.489 e. The van der Waals surface area contributed by atoms with Crippen LogP contribution in [0.3, 0.4) is 0 Å². The van der Waals surface area contributed by atoms with Gasteiger partial charge in [-0.25, -0.2) is 8.78 Å². The molecule has 0 aliphatic rings. The van der Waals surface area contributed by atoms with E-state index in [0.29, 0.717) is 36.2 Å². The lowest BCUT2D eigenvalue weighted by Gasteiger charge is -2.42. The molecule has 0 aliphatic carbocycles. The molecule has 8 nitrogen and oxygen atoms in total. The molecule has 0 saturated carbocycles. The molecule has 8 aromatic carbocycles. The monoisotopic (exact) mass is 1060 g/mol. The van der Waals surface area contributed by atoms with Crippen LogP contribution in [0.1, 0.15) is 72.3 Å². The molecular weight excluding hydrogens is 1010 g/mol. The van der Waals surface area contributed by atoms with Gasteiger partial charge in [0.1, 0.15) is 49.4 Å². The molecule has 0 heterocycles. The van der Waals surface area contributed by atoms with E-state index in [1.807, 2.05) is 86.6 Å². The normalized spacial score (nSPS) is 11.0. The van der Waals surface area contributed by atoms with E-state index in [0.717, 1.165) is 118 Å². The van der Waals surface area contributed by atoms with Gasteiger partial charge >= 0.3 is 0 Å². The van der Waals surface area contributed by atoms with Crippen LogP contribution >= 0.6 is 27.5 Å². The van der Waals surface area contributed by atoms with E-state index < -0.39 is 11.6 Å². The lowest BCUT2D eigenvalue weighted by atomic mass is 10.1. The van der Waals surface area contributed by atoms with E-state index in [9.17, 15) is 8.78 Å². The second-order valence-electron chi connectivity index (χ2n) is 18.7. The summed E-state index contributed by atoms with van der Waals surface area (Å²) >= 11 is 9.72. The maximum absolute atomic E-state index is 14.1. The number of nitrogens with one attached hydrogen (secondary N) is 2. The van der Waals surface area contributed by atoms with Crippen molar-refractivity contribution in [1.82, 2.24) is 0 Å². The van der Waals surface area contributed by atoms with Crippen LogP contribution in [0.15, 0.2) is 144 Å². The first-order valence-corrected chi connectivity index (χ1v) is 25.2. The summed E-state index contributed by atoms with van der Waals surface area (Å²) in [6.07, 6.45) is 0. The van der Waals surface area contributed by atoms with Crippen LogP contribution in [-0.2, 0) is 26.4 Å². The van der Waals surface area contributed by atoms with E-state index in [1.165, 1.54) is 11.6 Å². The quantitative estimate of drug-likeness (QED) is 0.0777. The van der Waals surface area contributed by atoms with Crippen molar-refractivity contribution in [2.45, 2.75) is 88.7 Å². The summed E-state index contributed by atoms with van der Waals surface area (Å²) in [6.45, 7) is 19.9. The predicted octanol–water partition coefficient (Wildman–Crippen LogP) is 16.8. The topological polar surface area (TPSA) is 67.5 Å². The van der Waals surface area contributed by atoms with Gasteiger partial charge < -0.3 is 18.9 Å². The molecule has 0 bridgehead atoms. The summed E-state index contributed by atoms with van der Waals surface area (Å²) < 4.78 is 54.3. The molecule has 0 aliphatic heterocycles. The van der Waals surface area contributed by atoms with Crippen molar-refractivity contribution in [1.29, 1.82) is 0 Å². The number of hydrogen-bond donors (Lipinski definition) is 2. The van der Waals surface area contributed by atoms with Gasteiger partial charge in [0.2, 0.25) is 0 Å². The van der Waals surface area contributed by atoms with Gasteiger partial charge in [0, 0.05) is 9.50 Å². The Bertz CT molecular complexity index is 3150. The average Bonchev–Trinajstić information content (AvgIpc) is 3.34. The molecule has 0 unspecified atom stereocenters. The van der Waals surface area contributed by atoms with Crippen molar-refractivity contribution in [2.75, 3.05) is 21.1 Å². The molecule has 12 heteroatoms. The summed E-state index contributed by atoms with van der Waals surface area (Å²) in [5.74, 6) is 0.992. The van der Waals surface area contributed by atoms with Crippen LogP contribution < -0.4 is 40.0 Å². The van der Waals surface area contributed by atoms with Gasteiger partial charge in [0.25, 0.3) is 0 Å². The summed E-state index contributed by atoms with van der Waals surface area (Å²) in [7, 11) is 0. The van der Waals surface area contributed by atoms with Crippen LogP contribution in [0.4, 0.5) is 31.5 Å². The number of aryl methyl sites for hydroxylation is 9. The molecule has 8 rings (SSSR count). The standard InChI is InChI=1S/C61H60BrClF2N4O4/c1-37-10-12-46(13-11-37)33-71-54-28-42(6)60(43(7)29-54)69(67-59-40(4)26-53(27-41(59)5)73-36-49-18-23-56(64)57(65)32-49)68(61-44(8)30-55(31-45(61)9)72-34-47-14-19-50(62)20-15-47)66-58-38(2)24-52(25-39(58)3)70-35-48-16-21-51(63)22-17-48/h10-32,66-67H,33-36H2,1-9H3. The maximum Gasteiger partial charge on any atom is 0.159 e. The highest BCUT2D eigenvalue weighted by Crippen LogP contribution is 2.40. The second kappa shape index (κ2) is 23.1. The van der Waals surface area contributed by atoms with E-state index in [2.05, 4.69) is 134 Å². The van der Waals surface area contributed by atoms with Crippen molar-refractivity contribution in [3.05, 3.63) is 233 Å². The third kappa shape index (κ3) is 13.1. The van der Waals surface area contributed by atoms with Crippen LogP contribution in [0, 0.1) is 73.9 Å². The Morgan fingerprint density at radius 1 is 0.397 bits per heavy atom. The molecule has 0 fully saturated rings. The number of hydrazine groups is 3. The number of rotatable bonds is 19. The molecule has 0 radical (unpaired) electrons. The molecule has 8 aromatic rings. The SMILES string of the molecule is Cc1ccc(COc2cc(C)c(N(Nc3c(C)cc(OCc4ccc(F)c(F)c4)cc3C)N(Nc3c(C)cc(OCc4ccc(Cl)cc4)cc3C)c3c(C)cc(OCc4ccc(Br)cc4)cc3C)c(C)c2)cc1. The smallest absolute Gasteiger partial charge is 0.159 e. The first-order chi connectivity index (χ1) is 35.0. The van der Waals surface area contributed by atoms with Crippen LogP contribution in [-0.4, -0.2) is 0 Å².